The number of halogens is 1. The summed E-state index contributed by atoms with van der Waals surface area (Å²) in [6, 6.07) is 0. The van der Waals surface area contributed by atoms with Crippen LogP contribution in [-0.2, 0) is 0 Å². The molecule has 0 bridgehead atoms. The van der Waals surface area contributed by atoms with Gasteiger partial charge in [-0.25, -0.2) is 0 Å². The molecule has 0 amide bonds. The first-order valence-corrected chi connectivity index (χ1v) is 1.81. The average Bonchev–Trinajstić information content (AvgIpc) is 0.811. The number of hydrogen-bond acceptors (Lipinski definition) is 0. The maximum absolute atomic E-state index is 5.27. The monoisotopic (exact) mass is 86.0 g/mol. The molecule has 0 radical (unpaired) electrons. The summed E-state index contributed by atoms with van der Waals surface area (Å²) in [4.78, 5) is 0. The number of alkyl halides is 1. The van der Waals surface area contributed by atoms with Crippen molar-refractivity contribution in [2.75, 3.05) is 0 Å². The van der Waals surface area contributed by atoms with Crippen molar-refractivity contribution < 1.29 is 20.3 Å². The molecule has 0 saturated heterocycles. The Bertz CT molecular complexity index is 15.5. The van der Waals surface area contributed by atoms with Gasteiger partial charge in [0.25, 0.3) is 0 Å². The standard InChI is InChI=1S/C3H7Cl.Li.H/c1-3(2)4;;/h3H,1-2H3;;/q;+1;-1. The first-order valence-electron chi connectivity index (χ1n) is 1.37. The average molecular weight is 86.5 g/mol. The molecule has 0 fully saturated rings. The smallest absolute Gasteiger partial charge is 1.00 e. The topological polar surface area (TPSA) is 0 Å². The Hall–Kier alpha value is 0.887. The molecule has 28 valence electrons. The summed E-state index contributed by atoms with van der Waals surface area (Å²) in [5, 5.41) is 0.306. The molecule has 5 heavy (non-hydrogen) atoms. The summed E-state index contributed by atoms with van der Waals surface area (Å²) in [7, 11) is 0. The van der Waals surface area contributed by atoms with E-state index in [0.717, 1.165) is 0 Å². The van der Waals surface area contributed by atoms with Gasteiger partial charge in [0.05, 0.1) is 0 Å². The predicted octanol–water partition coefficient (Wildman–Crippen LogP) is -1.25. The summed E-state index contributed by atoms with van der Waals surface area (Å²) in [5.41, 5.74) is 0. The second-order valence-corrected chi connectivity index (χ2v) is 1.89. The van der Waals surface area contributed by atoms with Crippen molar-refractivity contribution in [3.05, 3.63) is 0 Å². The summed E-state index contributed by atoms with van der Waals surface area (Å²) < 4.78 is 0. The molecule has 0 spiro atoms. The van der Waals surface area contributed by atoms with Gasteiger partial charge < -0.3 is 1.43 Å². The van der Waals surface area contributed by atoms with Crippen molar-refractivity contribution >= 4 is 11.6 Å². The third kappa shape index (κ3) is 51.7. The van der Waals surface area contributed by atoms with Crippen molar-refractivity contribution in [1.29, 1.82) is 0 Å². The summed E-state index contributed by atoms with van der Waals surface area (Å²) in [6.07, 6.45) is 0. The summed E-state index contributed by atoms with van der Waals surface area (Å²) in [5.74, 6) is 0. The van der Waals surface area contributed by atoms with E-state index in [4.69, 9.17) is 11.6 Å². The van der Waals surface area contributed by atoms with Gasteiger partial charge in [-0.15, -0.1) is 11.6 Å². The molecule has 0 saturated carbocycles. The molecule has 0 aromatic heterocycles. The number of rotatable bonds is 0. The van der Waals surface area contributed by atoms with Gasteiger partial charge in [-0.1, -0.05) is 0 Å². The third-order valence-electron chi connectivity index (χ3n) is 0. The molecule has 0 aliphatic rings. The quantitative estimate of drug-likeness (QED) is 0.255. The maximum atomic E-state index is 5.27. The van der Waals surface area contributed by atoms with Gasteiger partial charge in [0, 0.05) is 5.38 Å². The SMILES string of the molecule is CC(C)Cl.[H-].[Li+]. The number of hydrogen-bond donors (Lipinski definition) is 0. The fraction of sp³-hybridized carbons (Fsp3) is 1.00. The molecule has 0 atom stereocenters. The molecular formula is C3H8ClLi. The van der Waals surface area contributed by atoms with Crippen molar-refractivity contribution in [1.82, 2.24) is 0 Å². The van der Waals surface area contributed by atoms with Gasteiger partial charge in [0.1, 0.15) is 0 Å². The van der Waals surface area contributed by atoms with Crippen LogP contribution in [0.5, 0.6) is 0 Å². The fourth-order valence-corrected chi connectivity index (χ4v) is 0. The van der Waals surface area contributed by atoms with Gasteiger partial charge >= 0.3 is 18.9 Å². The van der Waals surface area contributed by atoms with Gasteiger partial charge in [-0.05, 0) is 13.8 Å². The Labute approximate surface area is 51.6 Å². The van der Waals surface area contributed by atoms with Crippen molar-refractivity contribution in [3.63, 3.8) is 0 Å². The molecule has 0 aliphatic heterocycles. The first kappa shape index (κ1) is 9.31. The van der Waals surface area contributed by atoms with Crippen LogP contribution in [-0.4, -0.2) is 5.38 Å². The van der Waals surface area contributed by atoms with E-state index < -0.39 is 0 Å². The maximum Gasteiger partial charge on any atom is 1.00 e. The molecule has 0 nitrogen and oxygen atoms in total. The molecule has 0 aromatic rings. The Kier molecular flexibility index (Phi) is 9.10. The van der Waals surface area contributed by atoms with E-state index in [0.29, 0.717) is 5.38 Å². The van der Waals surface area contributed by atoms with Crippen LogP contribution in [0.25, 0.3) is 0 Å². The van der Waals surface area contributed by atoms with Crippen LogP contribution < -0.4 is 18.9 Å². The first-order chi connectivity index (χ1) is 1.73. The van der Waals surface area contributed by atoms with Crippen LogP contribution in [0, 0.1) is 0 Å². The van der Waals surface area contributed by atoms with E-state index in [1.165, 1.54) is 0 Å². The van der Waals surface area contributed by atoms with Gasteiger partial charge in [0.15, 0.2) is 0 Å². The Balaban J connectivity index is -0.0000000450. The van der Waals surface area contributed by atoms with E-state index in [1.54, 1.807) is 0 Å². The zero-order valence-electron chi connectivity index (χ0n) is 4.96. The Morgan fingerprint density at radius 1 is 1.60 bits per heavy atom. The van der Waals surface area contributed by atoms with E-state index in [9.17, 15) is 0 Å². The van der Waals surface area contributed by atoms with E-state index in [1.807, 2.05) is 13.8 Å². The molecule has 0 aromatic carbocycles. The molecule has 0 heterocycles. The normalized spacial score (nSPS) is 7.20. The van der Waals surface area contributed by atoms with Gasteiger partial charge in [0.2, 0.25) is 0 Å². The predicted molar refractivity (Wildman–Crippen MR) is 22.1 cm³/mol. The molecule has 0 aliphatic carbocycles. The van der Waals surface area contributed by atoms with Gasteiger partial charge in [-0.3, -0.25) is 0 Å². The van der Waals surface area contributed by atoms with Crippen molar-refractivity contribution in [2.24, 2.45) is 0 Å². The minimum Gasteiger partial charge on any atom is -1.00 e. The van der Waals surface area contributed by atoms with Crippen molar-refractivity contribution in [3.8, 4) is 0 Å². The molecule has 2 heteroatoms. The van der Waals surface area contributed by atoms with Crippen LogP contribution in [0.1, 0.15) is 15.3 Å². The second-order valence-electron chi connectivity index (χ2n) is 1.01. The van der Waals surface area contributed by atoms with Crippen LogP contribution in [0.2, 0.25) is 0 Å². The van der Waals surface area contributed by atoms with E-state index in [-0.39, 0.29) is 20.3 Å². The molecule has 0 N–H and O–H groups in total. The Morgan fingerprint density at radius 3 is 1.60 bits per heavy atom. The summed E-state index contributed by atoms with van der Waals surface area (Å²) >= 11 is 5.27. The fourth-order valence-electron chi connectivity index (χ4n) is 0. The van der Waals surface area contributed by atoms with Crippen LogP contribution in [0.4, 0.5) is 0 Å². The van der Waals surface area contributed by atoms with Crippen LogP contribution >= 0.6 is 11.6 Å². The summed E-state index contributed by atoms with van der Waals surface area (Å²) in [6.45, 7) is 3.86. The molecule has 0 unspecified atom stereocenters. The zero-order chi connectivity index (χ0) is 3.58. The Morgan fingerprint density at radius 2 is 1.60 bits per heavy atom. The van der Waals surface area contributed by atoms with Gasteiger partial charge in [-0.2, -0.15) is 0 Å². The van der Waals surface area contributed by atoms with Crippen molar-refractivity contribution in [2.45, 2.75) is 19.2 Å². The second kappa shape index (κ2) is 4.89. The zero-order valence-corrected chi connectivity index (χ0v) is 4.71. The largest absolute Gasteiger partial charge is 1.00 e. The minimum atomic E-state index is 0. The minimum absolute atomic E-state index is 0. The van der Waals surface area contributed by atoms with Crippen LogP contribution in [0.3, 0.4) is 0 Å². The third-order valence-corrected chi connectivity index (χ3v) is 0. The molecular weight excluding hydrogens is 78.4 g/mol. The van der Waals surface area contributed by atoms with E-state index >= 15 is 0 Å². The molecule has 0 rings (SSSR count). The van der Waals surface area contributed by atoms with E-state index in [2.05, 4.69) is 0 Å². The van der Waals surface area contributed by atoms with Crippen LogP contribution in [0.15, 0.2) is 0 Å².